The highest BCUT2D eigenvalue weighted by Gasteiger charge is 2.07. The van der Waals surface area contributed by atoms with Gasteiger partial charge in [-0.2, -0.15) is 5.10 Å². The Hall–Kier alpha value is -3.19. The molecule has 0 saturated heterocycles. The van der Waals surface area contributed by atoms with Crippen molar-refractivity contribution in [2.24, 2.45) is 0 Å². The fraction of sp³-hybridized carbons (Fsp3) is 0.211. The van der Waals surface area contributed by atoms with Gasteiger partial charge in [-0.1, -0.05) is 12.1 Å². The number of hydrogen-bond donors (Lipinski definition) is 1. The molecule has 26 heavy (non-hydrogen) atoms. The van der Waals surface area contributed by atoms with Crippen LogP contribution in [0.4, 0.5) is 5.69 Å². The maximum Gasteiger partial charge on any atom is 0.221 e. The molecule has 7 nitrogen and oxygen atoms in total. The van der Waals surface area contributed by atoms with E-state index in [1.165, 1.54) is 11.9 Å². The smallest absolute Gasteiger partial charge is 0.221 e. The molecule has 0 spiro atoms. The van der Waals surface area contributed by atoms with Crippen LogP contribution in [0, 0.1) is 6.92 Å². The summed E-state index contributed by atoms with van der Waals surface area (Å²) in [5, 5.41) is 7.61. The first-order valence-electron chi connectivity index (χ1n) is 8.30. The molecule has 0 unspecified atom stereocenters. The third-order valence-electron chi connectivity index (χ3n) is 4.12. The zero-order valence-corrected chi connectivity index (χ0v) is 14.6. The number of nitrogens with zero attached hydrogens (tertiary/aromatic N) is 4. The molecule has 2 heterocycles. The van der Waals surface area contributed by atoms with Gasteiger partial charge in [0, 0.05) is 19.3 Å². The van der Waals surface area contributed by atoms with Gasteiger partial charge in [-0.25, -0.2) is 14.6 Å². The zero-order valence-electron chi connectivity index (χ0n) is 14.6. The van der Waals surface area contributed by atoms with Crippen molar-refractivity contribution >= 4 is 16.8 Å². The Bertz CT molecular complexity index is 1020. The number of ether oxygens (including phenoxy) is 1. The van der Waals surface area contributed by atoms with E-state index in [9.17, 15) is 0 Å². The predicted molar refractivity (Wildman–Crippen MR) is 98.1 cm³/mol. The summed E-state index contributed by atoms with van der Waals surface area (Å²) in [6.45, 7) is 3.15. The van der Waals surface area contributed by atoms with E-state index in [2.05, 4.69) is 45.5 Å². The Morgan fingerprint density at radius 2 is 2.12 bits per heavy atom. The van der Waals surface area contributed by atoms with Crippen LogP contribution in [0.5, 0.6) is 0 Å². The summed E-state index contributed by atoms with van der Waals surface area (Å²) in [5.74, 6) is 0.582. The van der Waals surface area contributed by atoms with E-state index in [0.717, 1.165) is 28.0 Å². The van der Waals surface area contributed by atoms with Gasteiger partial charge in [0.1, 0.15) is 24.8 Å². The molecule has 1 N–H and O–H groups in total. The number of aryl methyl sites for hydroxylation is 1. The predicted octanol–water partition coefficient (Wildman–Crippen LogP) is 3.48. The van der Waals surface area contributed by atoms with E-state index in [-0.39, 0.29) is 0 Å². The zero-order chi connectivity index (χ0) is 17.9. The van der Waals surface area contributed by atoms with Crippen LogP contribution < -0.4 is 5.32 Å². The molecule has 4 rings (SSSR count). The van der Waals surface area contributed by atoms with Crippen LogP contribution in [-0.2, 0) is 17.9 Å². The van der Waals surface area contributed by atoms with Crippen molar-refractivity contribution in [3.63, 3.8) is 0 Å². The molecular weight excluding hydrogens is 330 g/mol. The molecule has 0 aliphatic carbocycles. The summed E-state index contributed by atoms with van der Waals surface area (Å²) in [4.78, 5) is 8.42. The van der Waals surface area contributed by atoms with Crippen LogP contribution in [0.3, 0.4) is 0 Å². The molecule has 2 aromatic heterocycles. The minimum atomic E-state index is 0.370. The Labute approximate surface area is 150 Å². The Kier molecular flexibility index (Phi) is 4.37. The van der Waals surface area contributed by atoms with Crippen molar-refractivity contribution in [3.8, 4) is 5.69 Å². The second kappa shape index (κ2) is 6.97. The van der Waals surface area contributed by atoms with Crippen molar-refractivity contribution in [2.45, 2.75) is 20.1 Å². The largest absolute Gasteiger partial charge is 0.438 e. The number of hydrogen-bond acceptors (Lipinski definition) is 6. The van der Waals surface area contributed by atoms with Gasteiger partial charge in [-0.3, -0.25) is 0 Å². The molecule has 0 fully saturated rings. The minimum absolute atomic E-state index is 0.370. The molecule has 0 radical (unpaired) electrons. The summed E-state index contributed by atoms with van der Waals surface area (Å²) in [6.07, 6.45) is 3.23. The number of rotatable bonds is 6. The summed E-state index contributed by atoms with van der Waals surface area (Å²) < 4.78 is 12.4. The molecule has 0 aliphatic rings. The molecular formula is C19H19N5O2. The molecule has 2 aromatic carbocycles. The van der Waals surface area contributed by atoms with Crippen LogP contribution in [0.1, 0.15) is 17.0 Å². The summed E-state index contributed by atoms with van der Waals surface area (Å²) in [5.41, 5.74) is 5.93. The van der Waals surface area contributed by atoms with Gasteiger partial charge in [-0.15, -0.1) is 0 Å². The third-order valence-corrected chi connectivity index (χ3v) is 4.12. The monoisotopic (exact) mass is 349 g/mol. The number of benzene rings is 2. The number of methoxy groups -OCH3 is 1. The number of aromatic nitrogens is 4. The summed E-state index contributed by atoms with van der Waals surface area (Å²) >= 11 is 0. The molecule has 0 amide bonds. The Morgan fingerprint density at radius 3 is 2.88 bits per heavy atom. The Morgan fingerprint density at radius 1 is 1.19 bits per heavy atom. The first-order chi connectivity index (χ1) is 12.7. The molecule has 4 aromatic rings. The summed E-state index contributed by atoms with van der Waals surface area (Å²) in [6, 6.07) is 12.2. The highest BCUT2D eigenvalue weighted by atomic mass is 16.5. The molecule has 0 saturated carbocycles. The third kappa shape index (κ3) is 3.29. The molecule has 0 aliphatic heterocycles. The average molecular weight is 349 g/mol. The van der Waals surface area contributed by atoms with Gasteiger partial charge in [-0.05, 0) is 42.3 Å². The number of nitrogens with one attached hydrogen (secondary N) is 1. The number of fused-ring (bicyclic) bond motifs is 1. The number of oxazole rings is 1. The van der Waals surface area contributed by atoms with Gasteiger partial charge < -0.3 is 14.5 Å². The van der Waals surface area contributed by atoms with Gasteiger partial charge in [0.25, 0.3) is 0 Å². The van der Waals surface area contributed by atoms with E-state index >= 15 is 0 Å². The van der Waals surface area contributed by atoms with Crippen molar-refractivity contribution in [1.82, 2.24) is 19.7 Å². The van der Waals surface area contributed by atoms with Gasteiger partial charge in [0.15, 0.2) is 5.58 Å². The van der Waals surface area contributed by atoms with Gasteiger partial charge in [0.05, 0.1) is 5.69 Å². The topological polar surface area (TPSA) is 78.0 Å². The second-order valence-corrected chi connectivity index (χ2v) is 6.04. The SMILES string of the molecule is COCc1nc2cc(NCc3ccc(-n4cncn4)c(C)c3)ccc2o1. The van der Waals surface area contributed by atoms with Crippen LogP contribution in [0.25, 0.3) is 16.8 Å². The Balaban J connectivity index is 1.48. The first-order valence-corrected chi connectivity index (χ1v) is 8.30. The normalized spacial score (nSPS) is 11.2. The average Bonchev–Trinajstić information content (AvgIpc) is 3.29. The molecule has 132 valence electrons. The van der Waals surface area contributed by atoms with Crippen LogP contribution >= 0.6 is 0 Å². The van der Waals surface area contributed by atoms with E-state index < -0.39 is 0 Å². The lowest BCUT2D eigenvalue weighted by Crippen LogP contribution is -2.02. The lowest BCUT2D eigenvalue weighted by Gasteiger charge is -2.10. The van der Waals surface area contributed by atoms with Crippen molar-refractivity contribution in [1.29, 1.82) is 0 Å². The first kappa shape index (κ1) is 16.3. The molecule has 7 heteroatoms. The maximum absolute atomic E-state index is 5.61. The van der Waals surface area contributed by atoms with Gasteiger partial charge >= 0.3 is 0 Å². The molecule has 0 bridgehead atoms. The van der Waals surface area contributed by atoms with E-state index in [1.807, 2.05) is 18.2 Å². The fourth-order valence-corrected chi connectivity index (χ4v) is 2.89. The van der Waals surface area contributed by atoms with Crippen molar-refractivity contribution in [3.05, 3.63) is 66.1 Å². The second-order valence-electron chi connectivity index (χ2n) is 6.04. The lowest BCUT2D eigenvalue weighted by atomic mass is 10.1. The van der Waals surface area contributed by atoms with Crippen molar-refractivity contribution in [2.75, 3.05) is 12.4 Å². The van der Waals surface area contributed by atoms with E-state index in [4.69, 9.17) is 9.15 Å². The fourth-order valence-electron chi connectivity index (χ4n) is 2.89. The standard InChI is InChI=1S/C19H19N5O2/c1-13-7-14(3-5-17(13)24-12-20-11-22-24)9-21-15-4-6-18-16(8-15)23-19(26-18)10-25-2/h3-8,11-12,21H,9-10H2,1-2H3. The van der Waals surface area contributed by atoms with Crippen molar-refractivity contribution < 1.29 is 9.15 Å². The van der Waals surface area contributed by atoms with Gasteiger partial charge in [0.2, 0.25) is 5.89 Å². The minimum Gasteiger partial charge on any atom is -0.438 e. The van der Waals surface area contributed by atoms with E-state index in [0.29, 0.717) is 19.0 Å². The van der Waals surface area contributed by atoms with Crippen LogP contribution in [-0.4, -0.2) is 26.9 Å². The van der Waals surface area contributed by atoms with E-state index in [1.54, 1.807) is 18.1 Å². The van der Waals surface area contributed by atoms with Crippen LogP contribution in [0.2, 0.25) is 0 Å². The lowest BCUT2D eigenvalue weighted by molar-refractivity contribution is 0.161. The summed E-state index contributed by atoms with van der Waals surface area (Å²) in [7, 11) is 1.62. The van der Waals surface area contributed by atoms with Crippen LogP contribution in [0.15, 0.2) is 53.5 Å². The highest BCUT2D eigenvalue weighted by molar-refractivity contribution is 5.77. The maximum atomic E-state index is 5.61. The highest BCUT2D eigenvalue weighted by Crippen LogP contribution is 2.21. The number of anilines is 1. The quantitative estimate of drug-likeness (QED) is 0.574. The molecule has 0 atom stereocenters.